The number of carbonyl (C=O) groups excluding carboxylic acids is 1. The zero-order chi connectivity index (χ0) is 14.9. The van der Waals surface area contributed by atoms with E-state index in [1.807, 2.05) is 25.1 Å². The highest BCUT2D eigenvalue weighted by Crippen LogP contribution is 2.38. The molecule has 2 heterocycles. The van der Waals surface area contributed by atoms with Crippen molar-refractivity contribution in [3.05, 3.63) is 29.3 Å². The normalized spacial score (nSPS) is 28.8. The van der Waals surface area contributed by atoms with E-state index in [0.717, 1.165) is 31.4 Å². The number of hydrogen-bond acceptors (Lipinski definition) is 4. The van der Waals surface area contributed by atoms with Crippen molar-refractivity contribution < 1.29 is 19.0 Å². The molecule has 2 fully saturated rings. The van der Waals surface area contributed by atoms with E-state index in [4.69, 9.17) is 14.2 Å². The molecule has 1 aromatic carbocycles. The Morgan fingerprint density at radius 3 is 2.95 bits per heavy atom. The van der Waals surface area contributed by atoms with E-state index in [9.17, 15) is 4.79 Å². The van der Waals surface area contributed by atoms with Gasteiger partial charge in [-0.3, -0.25) is 4.79 Å². The van der Waals surface area contributed by atoms with Crippen LogP contribution in [-0.4, -0.2) is 38.3 Å². The van der Waals surface area contributed by atoms with Gasteiger partial charge in [0.2, 0.25) is 0 Å². The van der Waals surface area contributed by atoms with Gasteiger partial charge >= 0.3 is 0 Å². The lowest BCUT2D eigenvalue weighted by atomic mass is 9.81. The van der Waals surface area contributed by atoms with E-state index in [1.165, 1.54) is 0 Å². The molecular weight excluding hydrogens is 268 g/mol. The van der Waals surface area contributed by atoms with Gasteiger partial charge in [-0.25, -0.2) is 0 Å². The topological polar surface area (TPSA) is 44.8 Å². The maximum Gasteiger partial charge on any atom is 0.169 e. The standard InChI is InChI=1S/C17H22O4/c1-12-3-4-14(15(9-12)19-2)16(18)13-5-7-21-17(10-13)6-8-20-11-17/h3-4,9,13H,5-8,10-11H2,1-2H3. The molecule has 2 aliphatic rings. The molecule has 0 saturated carbocycles. The minimum absolute atomic E-state index is 0.00273. The number of Topliss-reactive ketones (excluding diaryl/α,β-unsaturated/α-hetero) is 1. The average molecular weight is 290 g/mol. The van der Waals surface area contributed by atoms with Gasteiger partial charge < -0.3 is 14.2 Å². The summed E-state index contributed by atoms with van der Waals surface area (Å²) in [6, 6.07) is 5.76. The number of carbonyl (C=O) groups is 1. The first-order valence-electron chi connectivity index (χ1n) is 7.54. The van der Waals surface area contributed by atoms with Crippen LogP contribution in [0, 0.1) is 12.8 Å². The van der Waals surface area contributed by atoms with Crippen molar-refractivity contribution in [1.29, 1.82) is 0 Å². The minimum atomic E-state index is -0.240. The fourth-order valence-electron chi connectivity index (χ4n) is 3.34. The first-order chi connectivity index (χ1) is 10.1. The number of ether oxygens (including phenoxy) is 3. The molecule has 0 aromatic heterocycles. The predicted octanol–water partition coefficient (Wildman–Crippen LogP) is 2.77. The van der Waals surface area contributed by atoms with Gasteiger partial charge in [-0.15, -0.1) is 0 Å². The maximum atomic E-state index is 12.9. The van der Waals surface area contributed by atoms with Gasteiger partial charge in [-0.05, 0) is 37.5 Å². The highest BCUT2D eigenvalue weighted by molar-refractivity contribution is 6.00. The van der Waals surface area contributed by atoms with Crippen molar-refractivity contribution in [3.8, 4) is 5.75 Å². The molecule has 4 heteroatoms. The predicted molar refractivity (Wildman–Crippen MR) is 78.9 cm³/mol. The Morgan fingerprint density at radius 2 is 2.24 bits per heavy atom. The van der Waals surface area contributed by atoms with Crippen LogP contribution in [0.5, 0.6) is 5.75 Å². The highest BCUT2D eigenvalue weighted by Gasteiger charge is 2.43. The smallest absolute Gasteiger partial charge is 0.169 e. The maximum absolute atomic E-state index is 12.9. The van der Waals surface area contributed by atoms with Crippen LogP contribution in [0.2, 0.25) is 0 Å². The molecule has 2 saturated heterocycles. The molecule has 114 valence electrons. The molecule has 0 aliphatic carbocycles. The molecule has 2 atom stereocenters. The van der Waals surface area contributed by atoms with Crippen LogP contribution in [0.15, 0.2) is 18.2 Å². The van der Waals surface area contributed by atoms with Gasteiger partial charge in [0, 0.05) is 25.6 Å². The molecule has 0 bridgehead atoms. The van der Waals surface area contributed by atoms with E-state index in [1.54, 1.807) is 7.11 Å². The number of aryl methyl sites for hydroxylation is 1. The Kier molecular flexibility index (Phi) is 4.00. The second-order valence-corrected chi connectivity index (χ2v) is 6.09. The van der Waals surface area contributed by atoms with E-state index in [0.29, 0.717) is 24.5 Å². The fraction of sp³-hybridized carbons (Fsp3) is 0.588. The summed E-state index contributed by atoms with van der Waals surface area (Å²) in [5.74, 6) is 0.835. The first-order valence-corrected chi connectivity index (χ1v) is 7.54. The molecule has 0 radical (unpaired) electrons. The van der Waals surface area contributed by atoms with E-state index < -0.39 is 0 Å². The van der Waals surface area contributed by atoms with E-state index >= 15 is 0 Å². The molecule has 4 nitrogen and oxygen atoms in total. The van der Waals surface area contributed by atoms with Crippen molar-refractivity contribution in [3.63, 3.8) is 0 Å². The third-order valence-corrected chi connectivity index (χ3v) is 4.55. The molecule has 2 aliphatic heterocycles. The molecule has 3 rings (SSSR count). The quantitative estimate of drug-likeness (QED) is 0.803. The summed E-state index contributed by atoms with van der Waals surface area (Å²) < 4.78 is 16.8. The van der Waals surface area contributed by atoms with E-state index in [-0.39, 0.29) is 17.3 Å². The van der Waals surface area contributed by atoms with Crippen molar-refractivity contribution in [1.82, 2.24) is 0 Å². The van der Waals surface area contributed by atoms with Crippen molar-refractivity contribution >= 4 is 5.78 Å². The Morgan fingerprint density at radius 1 is 1.38 bits per heavy atom. The van der Waals surface area contributed by atoms with Gasteiger partial charge in [-0.1, -0.05) is 6.07 Å². The Hall–Kier alpha value is -1.39. The van der Waals surface area contributed by atoms with Crippen molar-refractivity contribution in [2.45, 2.75) is 31.8 Å². The lowest BCUT2D eigenvalue weighted by Crippen LogP contribution is -2.42. The lowest BCUT2D eigenvalue weighted by molar-refractivity contribution is -0.0920. The number of rotatable bonds is 3. The lowest BCUT2D eigenvalue weighted by Gasteiger charge is -2.36. The second-order valence-electron chi connectivity index (χ2n) is 6.09. The van der Waals surface area contributed by atoms with Crippen LogP contribution in [0.25, 0.3) is 0 Å². The molecule has 21 heavy (non-hydrogen) atoms. The summed E-state index contributed by atoms with van der Waals surface area (Å²) in [7, 11) is 1.61. The summed E-state index contributed by atoms with van der Waals surface area (Å²) >= 11 is 0. The summed E-state index contributed by atoms with van der Waals surface area (Å²) in [6.45, 7) is 3.97. The van der Waals surface area contributed by atoms with Crippen LogP contribution >= 0.6 is 0 Å². The SMILES string of the molecule is COc1cc(C)ccc1C(=O)C1CCOC2(CCOC2)C1. The van der Waals surface area contributed by atoms with Crippen LogP contribution in [0.4, 0.5) is 0 Å². The Bertz CT molecular complexity index is 532. The monoisotopic (exact) mass is 290 g/mol. The third-order valence-electron chi connectivity index (χ3n) is 4.55. The number of benzene rings is 1. The molecule has 1 spiro atoms. The number of ketones is 1. The molecule has 0 amide bonds. The van der Waals surface area contributed by atoms with Gasteiger partial charge in [-0.2, -0.15) is 0 Å². The van der Waals surface area contributed by atoms with Crippen LogP contribution < -0.4 is 4.74 Å². The number of hydrogen-bond donors (Lipinski definition) is 0. The zero-order valence-electron chi connectivity index (χ0n) is 12.7. The molecule has 1 aromatic rings. The second kappa shape index (κ2) is 5.78. The first kappa shape index (κ1) is 14.5. The summed E-state index contributed by atoms with van der Waals surface area (Å²) in [6.07, 6.45) is 2.42. The molecule has 2 unspecified atom stereocenters. The Labute approximate surface area is 125 Å². The van der Waals surface area contributed by atoms with Gasteiger partial charge in [0.25, 0.3) is 0 Å². The summed E-state index contributed by atoms with van der Waals surface area (Å²) in [5.41, 5.74) is 1.54. The van der Waals surface area contributed by atoms with Crippen LogP contribution in [-0.2, 0) is 9.47 Å². The fourth-order valence-corrected chi connectivity index (χ4v) is 3.34. The van der Waals surface area contributed by atoms with Gasteiger partial charge in [0.15, 0.2) is 5.78 Å². The largest absolute Gasteiger partial charge is 0.496 e. The third kappa shape index (κ3) is 2.83. The van der Waals surface area contributed by atoms with Crippen molar-refractivity contribution in [2.75, 3.05) is 26.9 Å². The van der Waals surface area contributed by atoms with Gasteiger partial charge in [0.1, 0.15) is 5.75 Å². The van der Waals surface area contributed by atoms with Gasteiger partial charge in [0.05, 0.1) is 24.9 Å². The number of methoxy groups -OCH3 is 1. The highest BCUT2D eigenvalue weighted by atomic mass is 16.6. The minimum Gasteiger partial charge on any atom is -0.496 e. The summed E-state index contributed by atoms with van der Waals surface area (Å²) in [5, 5.41) is 0. The van der Waals surface area contributed by atoms with Crippen molar-refractivity contribution in [2.24, 2.45) is 5.92 Å². The molecular formula is C17H22O4. The molecule has 0 N–H and O–H groups in total. The Balaban J connectivity index is 1.81. The van der Waals surface area contributed by atoms with E-state index in [2.05, 4.69) is 0 Å². The van der Waals surface area contributed by atoms with Crippen LogP contribution in [0.3, 0.4) is 0 Å². The van der Waals surface area contributed by atoms with Crippen LogP contribution in [0.1, 0.15) is 35.2 Å². The zero-order valence-corrected chi connectivity index (χ0v) is 12.7. The average Bonchev–Trinajstić information content (AvgIpc) is 2.94. The summed E-state index contributed by atoms with van der Waals surface area (Å²) in [4.78, 5) is 12.9.